The van der Waals surface area contributed by atoms with Gasteiger partial charge in [0.05, 0.1) is 30.7 Å². The van der Waals surface area contributed by atoms with Gasteiger partial charge in [-0.3, -0.25) is 10.2 Å². The van der Waals surface area contributed by atoms with Crippen molar-refractivity contribution in [1.82, 2.24) is 21.1 Å². The van der Waals surface area contributed by atoms with Crippen LogP contribution >= 0.6 is 0 Å². The molecule has 0 aliphatic carbocycles. The van der Waals surface area contributed by atoms with Crippen molar-refractivity contribution in [3.05, 3.63) is 24.2 Å². The number of furan rings is 1. The number of piperidine rings is 1. The lowest BCUT2D eigenvalue weighted by atomic mass is 9.82. The molecule has 0 aromatic carbocycles. The van der Waals surface area contributed by atoms with E-state index in [1.165, 1.54) is 0 Å². The van der Waals surface area contributed by atoms with Crippen molar-refractivity contribution in [2.75, 3.05) is 6.54 Å². The Morgan fingerprint density at radius 3 is 2.59 bits per heavy atom. The summed E-state index contributed by atoms with van der Waals surface area (Å²) < 4.78 is 52.6. The molecule has 8 atom stereocenters. The van der Waals surface area contributed by atoms with Crippen LogP contribution in [0.15, 0.2) is 23.0 Å². The van der Waals surface area contributed by atoms with Crippen LogP contribution in [0.5, 0.6) is 0 Å². The van der Waals surface area contributed by atoms with Crippen LogP contribution in [0.4, 0.5) is 13.2 Å². The molecule has 4 aliphatic heterocycles. The summed E-state index contributed by atoms with van der Waals surface area (Å²) >= 11 is 0. The highest BCUT2D eigenvalue weighted by molar-refractivity contribution is 5.19. The van der Waals surface area contributed by atoms with Gasteiger partial charge in [0.1, 0.15) is 12.5 Å². The van der Waals surface area contributed by atoms with Crippen molar-refractivity contribution in [2.45, 2.75) is 100 Å². The Morgan fingerprint density at radius 1 is 1.03 bits per heavy atom. The molecule has 7 nitrogen and oxygen atoms in total. The van der Waals surface area contributed by atoms with Gasteiger partial charge in [-0.15, -0.1) is 0 Å². The monoisotopic (exact) mass is 457 g/mol. The Kier molecular flexibility index (Phi) is 6.52. The molecule has 4 bridgehead atoms. The van der Waals surface area contributed by atoms with E-state index in [9.17, 15) is 13.2 Å². The summed E-state index contributed by atoms with van der Waals surface area (Å²) in [5, 5.41) is 3.70. The number of hydrogen-bond acceptors (Lipinski definition) is 7. The first kappa shape index (κ1) is 22.6. The van der Waals surface area contributed by atoms with Gasteiger partial charge in [-0.1, -0.05) is 19.3 Å². The van der Waals surface area contributed by atoms with Crippen LogP contribution < -0.4 is 21.9 Å². The molecule has 1 aromatic heterocycles. The number of hydrogen-bond donors (Lipinski definition) is 4. The van der Waals surface area contributed by atoms with E-state index < -0.39 is 24.6 Å². The minimum absolute atomic E-state index is 0.0377. The summed E-state index contributed by atoms with van der Waals surface area (Å²) in [5.41, 5.74) is 13.4. The Morgan fingerprint density at radius 2 is 1.81 bits per heavy atom. The third-order valence-corrected chi connectivity index (χ3v) is 7.81. The highest BCUT2D eigenvalue weighted by Gasteiger charge is 2.51. The van der Waals surface area contributed by atoms with Crippen LogP contribution in [0.1, 0.15) is 62.8 Å². The minimum atomic E-state index is -4.31. The number of nitrogens with two attached hydrogens (primary N) is 1. The molecule has 4 aliphatic rings. The summed E-state index contributed by atoms with van der Waals surface area (Å²) in [6.07, 6.45) is 3.80. The zero-order valence-corrected chi connectivity index (χ0v) is 18.2. The molecular weight excluding hydrogens is 423 g/mol. The number of ether oxygens (including phenoxy) is 1. The standard InChI is InChI=1S/C22H34F3N5O2/c23-22(24,25)16-7-3-1-2-5-14-6-4-9-30(14)19-15(13-8-10-31-12-13)11-17(26)18(27-19)21-29-28-20(16)32-21/h8,10,12,14-21,27-29H,1-7,9,11,26H2/t14-,15?,16?,17?,18?,19?,20?,21?/m1/s1. The number of rotatable bonds is 1. The quantitative estimate of drug-likeness (QED) is 0.516. The summed E-state index contributed by atoms with van der Waals surface area (Å²) in [4.78, 5) is 2.56. The second kappa shape index (κ2) is 9.23. The average molecular weight is 458 g/mol. The molecule has 5 heterocycles. The maximum absolute atomic E-state index is 13.8. The molecule has 10 heteroatoms. The fourth-order valence-corrected chi connectivity index (χ4v) is 6.15. The van der Waals surface area contributed by atoms with E-state index in [-0.39, 0.29) is 30.6 Å². The molecule has 4 saturated heterocycles. The maximum Gasteiger partial charge on any atom is 0.395 e. The lowest BCUT2D eigenvalue weighted by Crippen LogP contribution is -2.68. The number of alkyl halides is 3. The van der Waals surface area contributed by atoms with Gasteiger partial charge in [0, 0.05) is 18.0 Å². The lowest BCUT2D eigenvalue weighted by molar-refractivity contribution is -0.211. The highest BCUT2D eigenvalue weighted by Crippen LogP contribution is 2.39. The number of nitrogens with one attached hydrogen (secondary N) is 3. The first-order chi connectivity index (χ1) is 15.4. The Balaban J connectivity index is 1.43. The molecule has 7 unspecified atom stereocenters. The van der Waals surface area contributed by atoms with Crippen LogP contribution in [0.25, 0.3) is 0 Å². The predicted octanol–water partition coefficient (Wildman–Crippen LogP) is 2.76. The third-order valence-electron chi connectivity index (χ3n) is 7.81. The van der Waals surface area contributed by atoms with Gasteiger partial charge in [-0.2, -0.15) is 13.2 Å². The summed E-state index contributed by atoms with van der Waals surface area (Å²) in [6.45, 7) is 1.01. The first-order valence-electron chi connectivity index (χ1n) is 11.9. The van der Waals surface area contributed by atoms with Gasteiger partial charge in [0.25, 0.3) is 0 Å². The van der Waals surface area contributed by atoms with Crippen molar-refractivity contribution in [3.8, 4) is 0 Å². The largest absolute Gasteiger partial charge is 0.472 e. The molecule has 180 valence electrons. The third kappa shape index (κ3) is 4.45. The van der Waals surface area contributed by atoms with E-state index in [0.29, 0.717) is 18.9 Å². The SMILES string of the molecule is NC1CC(c2ccoc2)C2NC1C1NNC(O1)C(C(F)(F)F)CCCCC[C@@H]1CCCN21. The van der Waals surface area contributed by atoms with Crippen LogP contribution in [0.3, 0.4) is 0 Å². The second-order valence-electron chi connectivity index (χ2n) is 9.79. The zero-order valence-electron chi connectivity index (χ0n) is 18.2. The number of nitrogens with zero attached hydrogens (tertiary/aromatic N) is 1. The topological polar surface area (TPSA) is 87.7 Å². The van der Waals surface area contributed by atoms with Crippen molar-refractivity contribution >= 4 is 0 Å². The van der Waals surface area contributed by atoms with Crippen LogP contribution in [0, 0.1) is 5.92 Å². The van der Waals surface area contributed by atoms with E-state index in [2.05, 4.69) is 21.1 Å². The smallest absolute Gasteiger partial charge is 0.395 e. The van der Waals surface area contributed by atoms with Crippen molar-refractivity contribution in [1.29, 1.82) is 0 Å². The molecular formula is C22H34F3N5O2. The zero-order chi connectivity index (χ0) is 22.3. The Bertz CT molecular complexity index is 748. The van der Waals surface area contributed by atoms with E-state index in [1.54, 1.807) is 12.5 Å². The molecule has 0 saturated carbocycles. The van der Waals surface area contributed by atoms with Gasteiger partial charge < -0.3 is 14.9 Å². The fraction of sp³-hybridized carbons (Fsp3) is 0.818. The summed E-state index contributed by atoms with van der Waals surface area (Å²) in [6, 6.07) is 1.84. The number of halogens is 3. The van der Waals surface area contributed by atoms with Crippen molar-refractivity contribution < 1.29 is 22.3 Å². The van der Waals surface area contributed by atoms with Gasteiger partial charge in [-0.05, 0) is 50.3 Å². The molecule has 0 radical (unpaired) electrons. The van der Waals surface area contributed by atoms with Crippen molar-refractivity contribution in [2.24, 2.45) is 11.7 Å². The van der Waals surface area contributed by atoms with Gasteiger partial charge in [0.15, 0.2) is 0 Å². The predicted molar refractivity (Wildman–Crippen MR) is 112 cm³/mol. The molecule has 1 aromatic rings. The molecule has 0 amide bonds. The van der Waals surface area contributed by atoms with E-state index in [0.717, 1.165) is 44.2 Å². The normalized spacial score (nSPS) is 41.9. The average Bonchev–Trinajstić information content (AvgIpc) is 3.50. The highest BCUT2D eigenvalue weighted by atomic mass is 19.4. The summed E-state index contributed by atoms with van der Waals surface area (Å²) in [5.74, 6) is -1.39. The van der Waals surface area contributed by atoms with Crippen LogP contribution in [0.2, 0.25) is 0 Å². The molecule has 0 spiro atoms. The Hall–Kier alpha value is -1.17. The molecule has 5 rings (SSSR count). The Labute approximate surface area is 186 Å². The summed E-state index contributed by atoms with van der Waals surface area (Å²) in [7, 11) is 0. The molecule has 5 N–H and O–H groups in total. The van der Waals surface area contributed by atoms with Gasteiger partial charge in [0.2, 0.25) is 0 Å². The fourth-order valence-electron chi connectivity index (χ4n) is 6.15. The van der Waals surface area contributed by atoms with E-state index in [1.807, 2.05) is 6.07 Å². The molecule has 4 fully saturated rings. The minimum Gasteiger partial charge on any atom is -0.472 e. The van der Waals surface area contributed by atoms with E-state index in [4.69, 9.17) is 14.9 Å². The number of fused-ring (bicyclic) bond motifs is 7. The molecule has 32 heavy (non-hydrogen) atoms. The van der Waals surface area contributed by atoms with Crippen LogP contribution in [-0.4, -0.2) is 54.4 Å². The maximum atomic E-state index is 13.8. The number of hydrazine groups is 1. The van der Waals surface area contributed by atoms with Crippen molar-refractivity contribution in [3.63, 3.8) is 0 Å². The van der Waals surface area contributed by atoms with E-state index >= 15 is 0 Å². The van der Waals surface area contributed by atoms with Gasteiger partial charge >= 0.3 is 6.18 Å². The first-order valence-corrected chi connectivity index (χ1v) is 11.9. The van der Waals surface area contributed by atoms with Crippen LogP contribution in [-0.2, 0) is 4.74 Å². The van der Waals surface area contributed by atoms with Gasteiger partial charge in [-0.25, -0.2) is 10.9 Å². The second-order valence-corrected chi connectivity index (χ2v) is 9.79. The lowest BCUT2D eigenvalue weighted by Gasteiger charge is -2.48.